The Hall–Kier alpha value is -3.12. The zero-order valence-electron chi connectivity index (χ0n) is 16.0. The van der Waals surface area contributed by atoms with Crippen molar-refractivity contribution in [3.63, 3.8) is 0 Å². The summed E-state index contributed by atoms with van der Waals surface area (Å²) in [6.45, 7) is 3.52. The molecule has 0 aliphatic heterocycles. The van der Waals surface area contributed by atoms with E-state index in [0.717, 1.165) is 18.5 Å². The Kier molecular flexibility index (Phi) is 6.81. The van der Waals surface area contributed by atoms with Crippen molar-refractivity contribution in [2.24, 2.45) is 0 Å². The van der Waals surface area contributed by atoms with E-state index in [1.54, 1.807) is 31.2 Å². The van der Waals surface area contributed by atoms with E-state index < -0.39 is 0 Å². The molecule has 6 nitrogen and oxygen atoms in total. The molecular formula is C22H25N3O3. The number of aromatic amines is 1. The van der Waals surface area contributed by atoms with Gasteiger partial charge in [0.2, 0.25) is 5.91 Å². The van der Waals surface area contributed by atoms with E-state index in [4.69, 9.17) is 4.74 Å². The smallest absolute Gasteiger partial charge is 0.338 e. The summed E-state index contributed by atoms with van der Waals surface area (Å²) in [7, 11) is 0. The van der Waals surface area contributed by atoms with Crippen LogP contribution in [0, 0.1) is 0 Å². The van der Waals surface area contributed by atoms with Crippen molar-refractivity contribution in [3.8, 4) is 0 Å². The number of esters is 1. The molecule has 0 fully saturated rings. The third-order valence-corrected chi connectivity index (χ3v) is 4.45. The summed E-state index contributed by atoms with van der Waals surface area (Å²) in [5, 5.41) is 7.38. The molecule has 3 N–H and O–H groups in total. The molecule has 28 heavy (non-hydrogen) atoms. The Bertz CT molecular complexity index is 932. The molecule has 0 spiro atoms. The third kappa shape index (κ3) is 5.20. The fourth-order valence-corrected chi connectivity index (χ4v) is 3.02. The van der Waals surface area contributed by atoms with Gasteiger partial charge < -0.3 is 20.4 Å². The minimum Gasteiger partial charge on any atom is -0.462 e. The maximum absolute atomic E-state index is 12.1. The summed E-state index contributed by atoms with van der Waals surface area (Å²) < 4.78 is 4.94. The van der Waals surface area contributed by atoms with E-state index in [1.807, 2.05) is 18.3 Å². The molecule has 0 unspecified atom stereocenters. The van der Waals surface area contributed by atoms with Crippen LogP contribution >= 0.6 is 0 Å². The minimum atomic E-state index is -0.361. The average molecular weight is 379 g/mol. The van der Waals surface area contributed by atoms with Crippen LogP contribution in [-0.4, -0.2) is 36.6 Å². The van der Waals surface area contributed by atoms with Crippen LogP contribution < -0.4 is 10.6 Å². The number of para-hydroxylation sites is 1. The topological polar surface area (TPSA) is 83.2 Å². The number of aromatic nitrogens is 1. The van der Waals surface area contributed by atoms with Gasteiger partial charge in [0.15, 0.2) is 0 Å². The number of rotatable bonds is 9. The van der Waals surface area contributed by atoms with Gasteiger partial charge in [-0.2, -0.15) is 0 Å². The average Bonchev–Trinajstić information content (AvgIpc) is 3.12. The molecule has 3 aromatic rings. The Morgan fingerprint density at radius 3 is 2.61 bits per heavy atom. The molecule has 0 bridgehead atoms. The van der Waals surface area contributed by atoms with Crippen molar-refractivity contribution < 1.29 is 14.3 Å². The highest BCUT2D eigenvalue weighted by Crippen LogP contribution is 2.17. The summed E-state index contributed by atoms with van der Waals surface area (Å²) in [5.74, 6) is -0.428. The first kappa shape index (κ1) is 19.6. The normalized spacial score (nSPS) is 10.8. The fraction of sp³-hybridized carbons (Fsp3) is 0.273. The van der Waals surface area contributed by atoms with Gasteiger partial charge in [-0.05, 0) is 55.8 Å². The van der Waals surface area contributed by atoms with E-state index in [0.29, 0.717) is 30.8 Å². The monoisotopic (exact) mass is 379 g/mol. The van der Waals surface area contributed by atoms with Gasteiger partial charge in [-0.3, -0.25) is 4.79 Å². The van der Waals surface area contributed by atoms with Gasteiger partial charge in [0.05, 0.1) is 12.2 Å². The van der Waals surface area contributed by atoms with Crippen molar-refractivity contribution in [1.29, 1.82) is 0 Å². The van der Waals surface area contributed by atoms with E-state index in [-0.39, 0.29) is 11.9 Å². The lowest BCUT2D eigenvalue weighted by Crippen LogP contribution is -2.23. The number of carbonyl (C=O) groups is 2. The van der Waals surface area contributed by atoms with Crippen LogP contribution in [0.2, 0.25) is 0 Å². The summed E-state index contributed by atoms with van der Waals surface area (Å²) in [5.41, 5.74) is 3.55. The predicted octanol–water partition coefficient (Wildman–Crippen LogP) is 3.51. The van der Waals surface area contributed by atoms with E-state index in [9.17, 15) is 9.59 Å². The molecule has 0 saturated heterocycles. The maximum Gasteiger partial charge on any atom is 0.338 e. The lowest BCUT2D eigenvalue weighted by molar-refractivity contribution is -0.116. The molecule has 146 valence electrons. The SMILES string of the molecule is CCOC(=O)c1ccc(NC(=O)CCNCCc2c[nH]c3ccccc23)cc1. The molecular weight excluding hydrogens is 354 g/mol. The fourth-order valence-electron chi connectivity index (χ4n) is 3.02. The molecule has 1 heterocycles. The van der Waals surface area contributed by atoms with Crippen LogP contribution in [0.5, 0.6) is 0 Å². The maximum atomic E-state index is 12.1. The van der Waals surface area contributed by atoms with Crippen LogP contribution in [0.1, 0.15) is 29.3 Å². The highest BCUT2D eigenvalue weighted by Gasteiger charge is 2.07. The van der Waals surface area contributed by atoms with Crippen molar-refractivity contribution in [1.82, 2.24) is 10.3 Å². The second-order valence-corrected chi connectivity index (χ2v) is 6.46. The van der Waals surface area contributed by atoms with Gasteiger partial charge in [-0.25, -0.2) is 4.79 Å². The molecule has 3 rings (SSSR count). The number of hydrogen-bond donors (Lipinski definition) is 3. The zero-order chi connectivity index (χ0) is 19.8. The number of benzene rings is 2. The van der Waals surface area contributed by atoms with Crippen LogP contribution in [0.4, 0.5) is 5.69 Å². The Labute approximate surface area is 164 Å². The molecule has 1 amide bonds. The first-order valence-electron chi connectivity index (χ1n) is 9.50. The first-order chi connectivity index (χ1) is 13.7. The van der Waals surface area contributed by atoms with Crippen molar-refractivity contribution in [2.45, 2.75) is 19.8 Å². The Morgan fingerprint density at radius 1 is 1.04 bits per heavy atom. The highest BCUT2D eigenvalue weighted by atomic mass is 16.5. The number of nitrogens with one attached hydrogen (secondary N) is 3. The number of ether oxygens (including phenoxy) is 1. The van der Waals surface area contributed by atoms with Gasteiger partial charge in [0, 0.05) is 35.8 Å². The number of anilines is 1. The van der Waals surface area contributed by atoms with Gasteiger partial charge in [-0.15, -0.1) is 0 Å². The zero-order valence-corrected chi connectivity index (χ0v) is 16.0. The van der Waals surface area contributed by atoms with Crippen molar-refractivity contribution in [3.05, 3.63) is 65.9 Å². The molecule has 0 atom stereocenters. The molecule has 6 heteroatoms. The number of hydrogen-bond acceptors (Lipinski definition) is 4. The highest BCUT2D eigenvalue weighted by molar-refractivity contribution is 5.93. The van der Waals surface area contributed by atoms with Crippen molar-refractivity contribution in [2.75, 3.05) is 25.0 Å². The van der Waals surface area contributed by atoms with Gasteiger partial charge in [0.25, 0.3) is 0 Å². The van der Waals surface area contributed by atoms with Gasteiger partial charge >= 0.3 is 5.97 Å². The largest absolute Gasteiger partial charge is 0.462 e. The second kappa shape index (κ2) is 9.71. The van der Waals surface area contributed by atoms with Crippen molar-refractivity contribution >= 4 is 28.5 Å². The lowest BCUT2D eigenvalue weighted by atomic mass is 10.1. The van der Waals surface area contributed by atoms with E-state index in [1.165, 1.54) is 10.9 Å². The van der Waals surface area contributed by atoms with Gasteiger partial charge in [-0.1, -0.05) is 18.2 Å². The van der Waals surface area contributed by atoms with E-state index in [2.05, 4.69) is 27.8 Å². The molecule has 2 aromatic carbocycles. The van der Waals surface area contributed by atoms with Gasteiger partial charge in [0.1, 0.15) is 0 Å². The number of amides is 1. The van der Waals surface area contributed by atoms with Crippen LogP contribution in [0.15, 0.2) is 54.7 Å². The minimum absolute atomic E-state index is 0.0662. The van der Waals surface area contributed by atoms with Crippen LogP contribution in [-0.2, 0) is 16.0 Å². The van der Waals surface area contributed by atoms with E-state index >= 15 is 0 Å². The summed E-state index contributed by atoms with van der Waals surface area (Å²) in [6, 6.07) is 14.9. The Balaban J connectivity index is 1.37. The van der Waals surface area contributed by atoms with Crippen LogP contribution in [0.25, 0.3) is 10.9 Å². The molecule has 0 radical (unpaired) electrons. The third-order valence-electron chi connectivity index (χ3n) is 4.45. The standard InChI is InChI=1S/C22H25N3O3/c1-2-28-22(27)16-7-9-18(10-8-16)25-21(26)12-14-23-13-11-17-15-24-20-6-4-3-5-19(17)20/h3-10,15,23-24H,2,11-14H2,1H3,(H,25,26). The molecule has 0 aliphatic carbocycles. The van der Waals surface area contributed by atoms with Crippen LogP contribution in [0.3, 0.4) is 0 Å². The lowest BCUT2D eigenvalue weighted by Gasteiger charge is -2.07. The summed E-state index contributed by atoms with van der Waals surface area (Å²) >= 11 is 0. The summed E-state index contributed by atoms with van der Waals surface area (Å²) in [6.07, 6.45) is 3.33. The summed E-state index contributed by atoms with van der Waals surface area (Å²) in [4.78, 5) is 26.9. The molecule has 0 saturated carbocycles. The quantitative estimate of drug-likeness (QED) is 0.392. The predicted molar refractivity (Wildman–Crippen MR) is 111 cm³/mol. The first-order valence-corrected chi connectivity index (χ1v) is 9.50. The number of H-pyrrole nitrogens is 1. The number of fused-ring (bicyclic) bond motifs is 1. The Morgan fingerprint density at radius 2 is 1.82 bits per heavy atom. The number of carbonyl (C=O) groups excluding carboxylic acids is 2. The molecule has 1 aromatic heterocycles. The molecule has 0 aliphatic rings. The second-order valence-electron chi connectivity index (χ2n) is 6.46.